The number of amides is 1. The van der Waals surface area contributed by atoms with E-state index in [0.717, 1.165) is 22.9 Å². The standard InChI is InChI=1S/C13H14BrNO3/c1-18-13(17)11(15-12(16)9-2-3-9)8-4-6-10(14)7-5-8/h4-7,9,11H,2-3H2,1H3,(H,15,16)/t11-/m0/s1. The molecular formula is C13H14BrNO3. The van der Waals surface area contributed by atoms with Crippen LogP contribution in [0.15, 0.2) is 28.7 Å². The van der Waals surface area contributed by atoms with E-state index in [2.05, 4.69) is 21.2 Å². The molecule has 1 saturated carbocycles. The van der Waals surface area contributed by atoms with E-state index in [4.69, 9.17) is 4.74 Å². The summed E-state index contributed by atoms with van der Waals surface area (Å²) in [7, 11) is 1.32. The Balaban J connectivity index is 2.15. The minimum Gasteiger partial charge on any atom is -0.467 e. The Morgan fingerprint density at radius 2 is 1.94 bits per heavy atom. The highest BCUT2D eigenvalue weighted by Gasteiger charge is 2.33. The van der Waals surface area contributed by atoms with Gasteiger partial charge in [0.1, 0.15) is 0 Å². The molecule has 0 saturated heterocycles. The molecule has 0 aliphatic heterocycles. The lowest BCUT2D eigenvalue weighted by atomic mass is 10.1. The smallest absolute Gasteiger partial charge is 0.333 e. The molecule has 1 N–H and O–H groups in total. The van der Waals surface area contributed by atoms with Gasteiger partial charge in [-0.15, -0.1) is 0 Å². The molecule has 1 amide bonds. The van der Waals surface area contributed by atoms with E-state index < -0.39 is 12.0 Å². The van der Waals surface area contributed by atoms with Crippen molar-refractivity contribution < 1.29 is 14.3 Å². The molecule has 1 aromatic rings. The van der Waals surface area contributed by atoms with Gasteiger partial charge in [0.2, 0.25) is 5.91 Å². The van der Waals surface area contributed by atoms with Crippen LogP contribution in [0.25, 0.3) is 0 Å². The molecule has 1 aromatic carbocycles. The van der Waals surface area contributed by atoms with Crippen molar-refractivity contribution in [2.24, 2.45) is 5.92 Å². The second kappa shape index (κ2) is 5.52. The van der Waals surface area contributed by atoms with Crippen LogP contribution in [0.2, 0.25) is 0 Å². The van der Waals surface area contributed by atoms with Crippen molar-refractivity contribution in [2.75, 3.05) is 7.11 Å². The number of benzene rings is 1. The van der Waals surface area contributed by atoms with Gasteiger partial charge in [0.05, 0.1) is 7.11 Å². The maximum Gasteiger partial charge on any atom is 0.333 e. The van der Waals surface area contributed by atoms with Gasteiger partial charge in [-0.25, -0.2) is 4.79 Å². The van der Waals surface area contributed by atoms with Crippen LogP contribution in [-0.2, 0) is 14.3 Å². The molecule has 1 aliphatic carbocycles. The molecule has 1 aliphatic rings. The SMILES string of the molecule is COC(=O)[C@@H](NC(=O)C1CC1)c1ccc(Br)cc1. The van der Waals surface area contributed by atoms with Crippen LogP contribution < -0.4 is 5.32 Å². The molecule has 5 heteroatoms. The number of rotatable bonds is 4. The molecule has 0 spiro atoms. The molecular weight excluding hydrogens is 298 g/mol. The maximum absolute atomic E-state index is 11.7. The van der Waals surface area contributed by atoms with E-state index in [0.29, 0.717) is 0 Å². The van der Waals surface area contributed by atoms with Gasteiger partial charge in [0.25, 0.3) is 0 Å². The third-order valence-corrected chi connectivity index (χ3v) is 3.40. The second-order valence-electron chi connectivity index (χ2n) is 4.29. The third kappa shape index (κ3) is 3.10. The predicted molar refractivity (Wildman–Crippen MR) is 69.8 cm³/mol. The number of hydrogen-bond acceptors (Lipinski definition) is 3. The number of nitrogens with one attached hydrogen (secondary N) is 1. The molecule has 0 bridgehead atoms. The van der Waals surface area contributed by atoms with Gasteiger partial charge in [0.15, 0.2) is 6.04 Å². The molecule has 0 radical (unpaired) electrons. The van der Waals surface area contributed by atoms with Crippen molar-refractivity contribution in [3.05, 3.63) is 34.3 Å². The van der Waals surface area contributed by atoms with Crippen molar-refractivity contribution in [1.29, 1.82) is 0 Å². The van der Waals surface area contributed by atoms with Crippen LogP contribution in [0.1, 0.15) is 24.4 Å². The third-order valence-electron chi connectivity index (χ3n) is 2.87. The monoisotopic (exact) mass is 311 g/mol. The number of carbonyl (C=O) groups is 2. The zero-order valence-electron chi connectivity index (χ0n) is 9.98. The highest BCUT2D eigenvalue weighted by molar-refractivity contribution is 9.10. The van der Waals surface area contributed by atoms with Crippen LogP contribution in [-0.4, -0.2) is 19.0 Å². The minimum absolute atomic E-state index is 0.0626. The number of esters is 1. The number of ether oxygens (including phenoxy) is 1. The quantitative estimate of drug-likeness (QED) is 0.867. The van der Waals surface area contributed by atoms with Gasteiger partial charge < -0.3 is 10.1 Å². The van der Waals surface area contributed by atoms with Gasteiger partial charge in [-0.2, -0.15) is 0 Å². The molecule has 2 rings (SSSR count). The van der Waals surface area contributed by atoms with Crippen LogP contribution >= 0.6 is 15.9 Å². The number of methoxy groups -OCH3 is 1. The van der Waals surface area contributed by atoms with Gasteiger partial charge in [0, 0.05) is 10.4 Å². The fraction of sp³-hybridized carbons (Fsp3) is 0.385. The first-order valence-corrected chi connectivity index (χ1v) is 6.55. The summed E-state index contributed by atoms with van der Waals surface area (Å²) in [6.07, 6.45) is 1.81. The lowest BCUT2D eigenvalue weighted by Gasteiger charge is -2.16. The highest BCUT2D eigenvalue weighted by atomic mass is 79.9. The Kier molecular flexibility index (Phi) is 4.01. The van der Waals surface area contributed by atoms with Crippen molar-refractivity contribution in [1.82, 2.24) is 5.32 Å². The Bertz CT molecular complexity index is 454. The summed E-state index contributed by atoms with van der Waals surface area (Å²) in [5.41, 5.74) is 0.721. The van der Waals surface area contributed by atoms with E-state index in [9.17, 15) is 9.59 Å². The van der Waals surface area contributed by atoms with Crippen LogP contribution in [0.5, 0.6) is 0 Å². The van der Waals surface area contributed by atoms with Crippen molar-refractivity contribution >= 4 is 27.8 Å². The van der Waals surface area contributed by atoms with Gasteiger partial charge in [-0.05, 0) is 30.5 Å². The van der Waals surface area contributed by atoms with Gasteiger partial charge in [-0.3, -0.25) is 4.79 Å². The summed E-state index contributed by atoms with van der Waals surface area (Å²) in [4.78, 5) is 23.5. The molecule has 0 unspecified atom stereocenters. The summed E-state index contributed by atoms with van der Waals surface area (Å²) < 4.78 is 5.65. The Hall–Kier alpha value is -1.36. The maximum atomic E-state index is 11.7. The number of halogens is 1. The van der Waals surface area contributed by atoms with Crippen LogP contribution in [0.4, 0.5) is 0 Å². The van der Waals surface area contributed by atoms with E-state index in [1.807, 2.05) is 12.1 Å². The first-order chi connectivity index (χ1) is 8.61. The second-order valence-corrected chi connectivity index (χ2v) is 5.21. The summed E-state index contributed by atoms with van der Waals surface area (Å²) in [6, 6.07) is 6.51. The molecule has 1 fully saturated rings. The van der Waals surface area contributed by atoms with E-state index in [1.165, 1.54) is 7.11 Å². The lowest BCUT2D eigenvalue weighted by Crippen LogP contribution is -2.35. The molecule has 0 aromatic heterocycles. The van der Waals surface area contributed by atoms with Crippen molar-refractivity contribution in [3.63, 3.8) is 0 Å². The first kappa shape index (κ1) is 13.1. The zero-order chi connectivity index (χ0) is 13.1. The zero-order valence-corrected chi connectivity index (χ0v) is 11.6. The Labute approximate surface area is 114 Å². The van der Waals surface area contributed by atoms with E-state index in [-0.39, 0.29) is 11.8 Å². The molecule has 1 atom stereocenters. The normalized spacial score (nSPS) is 15.9. The van der Waals surface area contributed by atoms with E-state index in [1.54, 1.807) is 12.1 Å². The summed E-state index contributed by atoms with van der Waals surface area (Å²) in [6.45, 7) is 0. The van der Waals surface area contributed by atoms with Crippen LogP contribution in [0.3, 0.4) is 0 Å². The van der Waals surface area contributed by atoms with Gasteiger partial charge >= 0.3 is 5.97 Å². The van der Waals surface area contributed by atoms with Crippen molar-refractivity contribution in [2.45, 2.75) is 18.9 Å². The summed E-state index contributed by atoms with van der Waals surface area (Å²) in [5, 5.41) is 2.74. The lowest BCUT2D eigenvalue weighted by molar-refractivity contribution is -0.145. The fourth-order valence-electron chi connectivity index (χ4n) is 1.66. The molecule has 0 heterocycles. The Morgan fingerprint density at radius 1 is 1.33 bits per heavy atom. The predicted octanol–water partition coefficient (Wildman–Crippen LogP) is 2.19. The molecule has 4 nitrogen and oxygen atoms in total. The van der Waals surface area contributed by atoms with Crippen molar-refractivity contribution in [3.8, 4) is 0 Å². The number of hydrogen-bond donors (Lipinski definition) is 1. The largest absolute Gasteiger partial charge is 0.467 e. The highest BCUT2D eigenvalue weighted by Crippen LogP contribution is 2.30. The minimum atomic E-state index is -0.726. The Morgan fingerprint density at radius 3 is 2.44 bits per heavy atom. The molecule has 96 valence electrons. The topological polar surface area (TPSA) is 55.4 Å². The van der Waals surface area contributed by atoms with Crippen LogP contribution in [0, 0.1) is 5.92 Å². The summed E-state index contributed by atoms with van der Waals surface area (Å²) >= 11 is 3.33. The van der Waals surface area contributed by atoms with E-state index >= 15 is 0 Å². The first-order valence-electron chi connectivity index (χ1n) is 5.75. The fourth-order valence-corrected chi connectivity index (χ4v) is 1.92. The number of carbonyl (C=O) groups excluding carboxylic acids is 2. The molecule has 18 heavy (non-hydrogen) atoms. The average molecular weight is 312 g/mol. The average Bonchev–Trinajstić information content (AvgIpc) is 3.20. The summed E-state index contributed by atoms with van der Waals surface area (Å²) in [5.74, 6) is -0.466. The van der Waals surface area contributed by atoms with Gasteiger partial charge in [-0.1, -0.05) is 28.1 Å².